The minimum Gasteiger partial charge on any atom is -0.484 e. The Morgan fingerprint density at radius 2 is 1.85 bits per heavy atom. The maximum atomic E-state index is 12.6. The van der Waals surface area contributed by atoms with Gasteiger partial charge in [0.25, 0.3) is 5.91 Å². The van der Waals surface area contributed by atoms with Crippen LogP contribution in [-0.2, 0) is 9.59 Å². The van der Waals surface area contributed by atoms with E-state index in [1.807, 2.05) is 48.5 Å². The van der Waals surface area contributed by atoms with E-state index in [4.69, 9.17) is 4.74 Å². The molecule has 0 bridgehead atoms. The first kappa shape index (κ1) is 16.6. The topological polar surface area (TPSA) is 58.6 Å². The van der Waals surface area contributed by atoms with E-state index in [1.54, 1.807) is 12.1 Å². The van der Waals surface area contributed by atoms with Crippen LogP contribution in [0.2, 0.25) is 0 Å². The highest BCUT2D eigenvalue weighted by atomic mass is 79.9. The molecule has 6 heteroatoms. The zero-order valence-corrected chi connectivity index (χ0v) is 15.3. The molecule has 26 heavy (non-hydrogen) atoms. The summed E-state index contributed by atoms with van der Waals surface area (Å²) in [5.41, 5.74) is 1.32. The number of ether oxygens (including phenoxy) is 1. The number of carbonyl (C=O) groups is 2. The molecule has 0 radical (unpaired) electrons. The Bertz CT molecular complexity index is 1020. The van der Waals surface area contributed by atoms with Gasteiger partial charge in [0, 0.05) is 4.47 Å². The van der Waals surface area contributed by atoms with E-state index in [0.717, 1.165) is 15.2 Å². The van der Waals surface area contributed by atoms with Crippen LogP contribution < -0.4 is 15.0 Å². The molecule has 5 nitrogen and oxygen atoms in total. The second-order valence-electron chi connectivity index (χ2n) is 5.99. The molecule has 0 unspecified atom stereocenters. The van der Waals surface area contributed by atoms with Gasteiger partial charge >= 0.3 is 0 Å². The van der Waals surface area contributed by atoms with Crippen molar-refractivity contribution in [1.82, 2.24) is 0 Å². The number of anilines is 2. The molecule has 1 N–H and O–H groups in total. The van der Waals surface area contributed by atoms with Crippen molar-refractivity contribution in [2.75, 3.05) is 23.4 Å². The standard InChI is InChI=1S/C20H15BrN2O3/c21-15-7-5-14-10-16(8-6-13(14)9-15)26-12-20(25)23-11-19(24)22-17-3-1-2-4-18(17)23/h1-10H,11-12H2,(H,22,24). The van der Waals surface area contributed by atoms with E-state index in [2.05, 4.69) is 21.2 Å². The lowest BCUT2D eigenvalue weighted by Crippen LogP contribution is -2.44. The molecular formula is C20H15BrN2O3. The molecule has 1 heterocycles. The number of nitrogens with zero attached hydrogens (tertiary/aromatic N) is 1. The van der Waals surface area contributed by atoms with Crippen LogP contribution >= 0.6 is 15.9 Å². The van der Waals surface area contributed by atoms with Crippen molar-refractivity contribution in [2.24, 2.45) is 0 Å². The Morgan fingerprint density at radius 3 is 2.73 bits per heavy atom. The molecule has 0 aromatic heterocycles. The predicted octanol–water partition coefficient (Wildman–Crippen LogP) is 3.97. The highest BCUT2D eigenvalue weighted by Gasteiger charge is 2.26. The van der Waals surface area contributed by atoms with Gasteiger partial charge in [-0.05, 0) is 47.2 Å². The van der Waals surface area contributed by atoms with Crippen LogP contribution in [0.3, 0.4) is 0 Å². The maximum Gasteiger partial charge on any atom is 0.265 e. The van der Waals surface area contributed by atoms with Gasteiger partial charge in [-0.25, -0.2) is 0 Å². The second-order valence-corrected chi connectivity index (χ2v) is 6.90. The van der Waals surface area contributed by atoms with Gasteiger partial charge in [0.2, 0.25) is 5.91 Å². The van der Waals surface area contributed by atoms with Crippen LogP contribution in [-0.4, -0.2) is 25.0 Å². The molecule has 3 aromatic carbocycles. The summed E-state index contributed by atoms with van der Waals surface area (Å²) in [5, 5.41) is 4.88. The Labute approximate surface area is 158 Å². The number of carbonyl (C=O) groups excluding carboxylic acids is 2. The highest BCUT2D eigenvalue weighted by molar-refractivity contribution is 9.10. The van der Waals surface area contributed by atoms with Crippen LogP contribution in [0.15, 0.2) is 65.1 Å². The number of rotatable bonds is 3. The predicted molar refractivity (Wildman–Crippen MR) is 105 cm³/mol. The Morgan fingerprint density at radius 1 is 1.08 bits per heavy atom. The van der Waals surface area contributed by atoms with Crippen molar-refractivity contribution in [3.63, 3.8) is 0 Å². The quantitative estimate of drug-likeness (QED) is 0.710. The fourth-order valence-electron chi connectivity index (χ4n) is 2.96. The van der Waals surface area contributed by atoms with Crippen LogP contribution in [0.1, 0.15) is 0 Å². The summed E-state index contributed by atoms with van der Waals surface area (Å²) < 4.78 is 6.69. The SMILES string of the molecule is O=C1CN(C(=O)COc2ccc3cc(Br)ccc3c2)c2ccccc2N1. The molecule has 4 rings (SSSR count). The molecule has 0 spiro atoms. The summed E-state index contributed by atoms with van der Waals surface area (Å²) in [6.45, 7) is -0.144. The summed E-state index contributed by atoms with van der Waals surface area (Å²) in [5.74, 6) is 0.138. The molecule has 0 saturated heterocycles. The summed E-state index contributed by atoms with van der Waals surface area (Å²) in [7, 11) is 0. The number of fused-ring (bicyclic) bond motifs is 2. The van der Waals surface area contributed by atoms with Gasteiger partial charge in [0.1, 0.15) is 12.3 Å². The molecule has 130 valence electrons. The molecular weight excluding hydrogens is 396 g/mol. The Balaban J connectivity index is 1.51. The number of para-hydroxylation sites is 2. The van der Waals surface area contributed by atoms with Crippen molar-refractivity contribution in [2.45, 2.75) is 0 Å². The number of halogens is 1. The van der Waals surface area contributed by atoms with Crippen molar-refractivity contribution < 1.29 is 14.3 Å². The van der Waals surface area contributed by atoms with E-state index in [-0.39, 0.29) is 25.0 Å². The van der Waals surface area contributed by atoms with Gasteiger partial charge in [-0.2, -0.15) is 0 Å². The summed E-state index contributed by atoms with van der Waals surface area (Å²) >= 11 is 3.45. The van der Waals surface area contributed by atoms with E-state index >= 15 is 0 Å². The van der Waals surface area contributed by atoms with E-state index in [1.165, 1.54) is 4.90 Å². The first-order valence-electron chi connectivity index (χ1n) is 8.11. The first-order valence-corrected chi connectivity index (χ1v) is 8.91. The van der Waals surface area contributed by atoms with Crippen molar-refractivity contribution >= 4 is 49.9 Å². The minimum atomic E-state index is -0.261. The summed E-state index contributed by atoms with van der Waals surface area (Å²) in [6.07, 6.45) is 0. The Kier molecular flexibility index (Phi) is 4.34. The van der Waals surface area contributed by atoms with Crippen molar-refractivity contribution in [1.29, 1.82) is 0 Å². The molecule has 2 amide bonds. The normalized spacial score (nSPS) is 13.3. The maximum absolute atomic E-state index is 12.6. The molecule has 0 aliphatic carbocycles. The van der Waals surface area contributed by atoms with Crippen LogP contribution in [0.5, 0.6) is 5.75 Å². The van der Waals surface area contributed by atoms with Gasteiger partial charge < -0.3 is 10.1 Å². The first-order chi connectivity index (χ1) is 12.6. The number of nitrogens with one attached hydrogen (secondary N) is 1. The minimum absolute atomic E-state index is 0.00897. The molecule has 0 saturated carbocycles. The molecule has 0 atom stereocenters. The van der Waals surface area contributed by atoms with Gasteiger partial charge in [-0.3, -0.25) is 14.5 Å². The fourth-order valence-corrected chi connectivity index (χ4v) is 3.34. The van der Waals surface area contributed by atoms with Crippen molar-refractivity contribution in [3.8, 4) is 5.75 Å². The van der Waals surface area contributed by atoms with Crippen LogP contribution in [0, 0.1) is 0 Å². The van der Waals surface area contributed by atoms with Crippen LogP contribution in [0.4, 0.5) is 11.4 Å². The van der Waals surface area contributed by atoms with Gasteiger partial charge in [-0.1, -0.05) is 40.2 Å². The molecule has 0 fully saturated rings. The molecule has 1 aliphatic heterocycles. The largest absolute Gasteiger partial charge is 0.484 e. The summed E-state index contributed by atoms with van der Waals surface area (Å²) in [6, 6.07) is 18.9. The van der Waals surface area contributed by atoms with Crippen molar-refractivity contribution in [3.05, 3.63) is 65.1 Å². The van der Waals surface area contributed by atoms with Gasteiger partial charge in [0.05, 0.1) is 11.4 Å². The second kappa shape index (κ2) is 6.80. The smallest absolute Gasteiger partial charge is 0.265 e. The third kappa shape index (κ3) is 3.28. The van der Waals surface area contributed by atoms with E-state index < -0.39 is 0 Å². The van der Waals surface area contributed by atoms with E-state index in [0.29, 0.717) is 17.1 Å². The number of benzene rings is 3. The Hall–Kier alpha value is -2.86. The third-order valence-electron chi connectivity index (χ3n) is 4.21. The zero-order chi connectivity index (χ0) is 18.1. The number of hydrogen-bond acceptors (Lipinski definition) is 3. The fraction of sp³-hybridized carbons (Fsp3) is 0.100. The molecule has 1 aliphatic rings. The third-order valence-corrected chi connectivity index (χ3v) is 4.70. The number of amides is 2. The number of hydrogen-bond donors (Lipinski definition) is 1. The summed E-state index contributed by atoms with van der Waals surface area (Å²) in [4.78, 5) is 25.9. The van der Waals surface area contributed by atoms with E-state index in [9.17, 15) is 9.59 Å². The van der Waals surface area contributed by atoms with Crippen LogP contribution in [0.25, 0.3) is 10.8 Å². The lowest BCUT2D eigenvalue weighted by atomic mass is 10.1. The monoisotopic (exact) mass is 410 g/mol. The highest BCUT2D eigenvalue weighted by Crippen LogP contribution is 2.29. The van der Waals surface area contributed by atoms with Gasteiger partial charge in [-0.15, -0.1) is 0 Å². The van der Waals surface area contributed by atoms with Gasteiger partial charge in [0.15, 0.2) is 6.61 Å². The molecule has 3 aromatic rings. The lowest BCUT2D eigenvalue weighted by Gasteiger charge is -2.29. The average molecular weight is 411 g/mol. The average Bonchev–Trinajstić information content (AvgIpc) is 2.65. The zero-order valence-electron chi connectivity index (χ0n) is 13.7. The lowest BCUT2D eigenvalue weighted by molar-refractivity contribution is -0.123.